The second-order valence-corrected chi connectivity index (χ2v) is 4.34. The minimum absolute atomic E-state index is 0.244. The van der Waals surface area contributed by atoms with Gasteiger partial charge in [0, 0.05) is 38.3 Å². The van der Waals surface area contributed by atoms with Crippen LogP contribution in [0.4, 0.5) is 15.8 Å². The molecule has 0 atom stereocenters. The third-order valence-electron chi connectivity index (χ3n) is 3.15. The zero-order valence-electron chi connectivity index (χ0n) is 10.2. The van der Waals surface area contributed by atoms with Gasteiger partial charge in [-0.2, -0.15) is 0 Å². The number of hydrogen-bond acceptors (Lipinski definition) is 4. The van der Waals surface area contributed by atoms with E-state index in [1.165, 1.54) is 13.2 Å². The summed E-state index contributed by atoms with van der Waals surface area (Å²) in [4.78, 5) is 4.42. The number of benzene rings is 1. The van der Waals surface area contributed by atoms with Gasteiger partial charge in [0.1, 0.15) is 0 Å². The largest absolute Gasteiger partial charge is 0.494 e. The molecule has 0 aliphatic carbocycles. The lowest BCUT2D eigenvalue weighted by Crippen LogP contribution is -2.44. The Morgan fingerprint density at radius 1 is 1.24 bits per heavy atom. The third kappa shape index (κ3) is 2.44. The van der Waals surface area contributed by atoms with E-state index >= 15 is 0 Å². The first kappa shape index (κ1) is 12.0. The highest BCUT2D eigenvalue weighted by Gasteiger charge is 2.18. The highest BCUT2D eigenvalue weighted by molar-refractivity contribution is 5.70. The van der Waals surface area contributed by atoms with E-state index in [2.05, 4.69) is 16.8 Å². The molecule has 0 saturated carbocycles. The molecule has 0 aromatic heterocycles. The first-order valence-corrected chi connectivity index (χ1v) is 5.68. The number of nitrogen functional groups attached to an aromatic ring is 1. The summed E-state index contributed by atoms with van der Waals surface area (Å²) in [6.07, 6.45) is 0. The maximum atomic E-state index is 13.4. The number of anilines is 2. The van der Waals surface area contributed by atoms with Crippen LogP contribution in [0.5, 0.6) is 5.75 Å². The quantitative estimate of drug-likeness (QED) is 0.787. The van der Waals surface area contributed by atoms with Gasteiger partial charge in [0.05, 0.1) is 18.5 Å². The van der Waals surface area contributed by atoms with E-state index in [-0.39, 0.29) is 5.75 Å². The second-order valence-electron chi connectivity index (χ2n) is 4.34. The summed E-state index contributed by atoms with van der Waals surface area (Å²) in [6, 6.07) is 3.00. The Kier molecular flexibility index (Phi) is 3.38. The molecule has 1 fully saturated rings. The standard InChI is InChI=1S/C12H18FN3O/c1-15-3-5-16(6-4-15)11-8-12(17-2)9(13)7-10(11)14/h7-8H,3-6,14H2,1-2H3. The average molecular weight is 239 g/mol. The van der Waals surface area contributed by atoms with Crippen molar-refractivity contribution in [1.29, 1.82) is 0 Å². The van der Waals surface area contributed by atoms with Crippen molar-refractivity contribution in [3.05, 3.63) is 17.9 Å². The molecule has 0 spiro atoms. The Hall–Kier alpha value is -1.49. The summed E-state index contributed by atoms with van der Waals surface area (Å²) in [6.45, 7) is 3.77. The van der Waals surface area contributed by atoms with E-state index in [0.717, 1.165) is 31.9 Å². The maximum absolute atomic E-state index is 13.4. The van der Waals surface area contributed by atoms with Crippen molar-refractivity contribution >= 4 is 11.4 Å². The minimum Gasteiger partial charge on any atom is -0.494 e. The number of methoxy groups -OCH3 is 1. The van der Waals surface area contributed by atoms with Crippen LogP contribution in [0.25, 0.3) is 0 Å². The van der Waals surface area contributed by atoms with Crippen molar-refractivity contribution in [3.63, 3.8) is 0 Å². The van der Waals surface area contributed by atoms with Gasteiger partial charge in [-0.3, -0.25) is 0 Å². The van der Waals surface area contributed by atoms with Crippen molar-refractivity contribution in [2.75, 3.05) is 51.0 Å². The van der Waals surface area contributed by atoms with Crippen molar-refractivity contribution in [3.8, 4) is 5.75 Å². The number of halogens is 1. The molecule has 1 aliphatic rings. The number of rotatable bonds is 2. The zero-order valence-corrected chi connectivity index (χ0v) is 10.2. The van der Waals surface area contributed by atoms with Crippen molar-refractivity contribution < 1.29 is 9.13 Å². The molecule has 1 saturated heterocycles. The first-order chi connectivity index (χ1) is 8.11. The van der Waals surface area contributed by atoms with Gasteiger partial charge in [-0.25, -0.2) is 4.39 Å². The molecule has 17 heavy (non-hydrogen) atoms. The summed E-state index contributed by atoms with van der Waals surface area (Å²) in [5.74, 6) is -0.170. The summed E-state index contributed by atoms with van der Waals surface area (Å²) in [5, 5.41) is 0. The Balaban J connectivity index is 2.25. The monoisotopic (exact) mass is 239 g/mol. The van der Waals surface area contributed by atoms with Crippen LogP contribution in [0.3, 0.4) is 0 Å². The van der Waals surface area contributed by atoms with Gasteiger partial charge < -0.3 is 20.3 Å². The second kappa shape index (κ2) is 4.79. The number of ether oxygens (including phenoxy) is 1. The maximum Gasteiger partial charge on any atom is 0.167 e. The molecule has 1 heterocycles. The Labute approximate surface area is 101 Å². The number of nitrogens with zero attached hydrogens (tertiary/aromatic N) is 2. The van der Waals surface area contributed by atoms with Crippen LogP contribution in [0.1, 0.15) is 0 Å². The number of likely N-dealkylation sites (N-methyl/N-ethyl adjacent to an activating group) is 1. The Morgan fingerprint density at radius 2 is 1.88 bits per heavy atom. The summed E-state index contributed by atoms with van der Waals surface area (Å²) >= 11 is 0. The molecule has 0 amide bonds. The van der Waals surface area contributed by atoms with Gasteiger partial charge in [-0.1, -0.05) is 0 Å². The van der Waals surface area contributed by atoms with Crippen molar-refractivity contribution in [2.24, 2.45) is 0 Å². The van der Waals surface area contributed by atoms with Crippen LogP contribution in [-0.4, -0.2) is 45.2 Å². The number of nitrogens with two attached hydrogens (primary N) is 1. The fraction of sp³-hybridized carbons (Fsp3) is 0.500. The van der Waals surface area contributed by atoms with E-state index < -0.39 is 5.82 Å². The van der Waals surface area contributed by atoms with Crippen LogP contribution in [0, 0.1) is 5.82 Å². The molecule has 4 nitrogen and oxygen atoms in total. The summed E-state index contributed by atoms with van der Waals surface area (Å²) in [5.41, 5.74) is 7.18. The van der Waals surface area contributed by atoms with Gasteiger partial charge in [-0.05, 0) is 7.05 Å². The lowest BCUT2D eigenvalue weighted by molar-refractivity contribution is 0.312. The molecule has 94 valence electrons. The van der Waals surface area contributed by atoms with Crippen LogP contribution in [0.15, 0.2) is 12.1 Å². The highest BCUT2D eigenvalue weighted by atomic mass is 19.1. The average Bonchev–Trinajstić information content (AvgIpc) is 2.31. The molecule has 2 rings (SSSR count). The van der Waals surface area contributed by atoms with Gasteiger partial charge in [-0.15, -0.1) is 0 Å². The van der Waals surface area contributed by atoms with E-state index in [9.17, 15) is 4.39 Å². The van der Waals surface area contributed by atoms with E-state index in [1.54, 1.807) is 6.07 Å². The normalized spacial score (nSPS) is 17.2. The van der Waals surface area contributed by atoms with E-state index in [4.69, 9.17) is 10.5 Å². The number of piperazine rings is 1. The fourth-order valence-corrected chi connectivity index (χ4v) is 2.04. The minimum atomic E-state index is -0.414. The van der Waals surface area contributed by atoms with Crippen LogP contribution < -0.4 is 15.4 Å². The van der Waals surface area contributed by atoms with Gasteiger partial charge >= 0.3 is 0 Å². The van der Waals surface area contributed by atoms with Crippen molar-refractivity contribution in [1.82, 2.24) is 4.90 Å². The smallest absolute Gasteiger partial charge is 0.167 e. The molecular weight excluding hydrogens is 221 g/mol. The Morgan fingerprint density at radius 3 is 2.47 bits per heavy atom. The SMILES string of the molecule is COc1cc(N2CCN(C)CC2)c(N)cc1F. The van der Waals surface area contributed by atoms with Gasteiger partial charge in [0.2, 0.25) is 0 Å². The first-order valence-electron chi connectivity index (χ1n) is 5.68. The number of hydrogen-bond donors (Lipinski definition) is 1. The van der Waals surface area contributed by atoms with Gasteiger partial charge in [0.15, 0.2) is 11.6 Å². The highest BCUT2D eigenvalue weighted by Crippen LogP contribution is 2.31. The zero-order chi connectivity index (χ0) is 12.4. The molecule has 1 aromatic carbocycles. The van der Waals surface area contributed by atoms with Crippen LogP contribution in [-0.2, 0) is 0 Å². The molecule has 1 aromatic rings. The van der Waals surface area contributed by atoms with E-state index in [0.29, 0.717) is 5.69 Å². The summed E-state index contributed by atoms with van der Waals surface area (Å²) < 4.78 is 18.4. The van der Waals surface area contributed by atoms with Crippen LogP contribution >= 0.6 is 0 Å². The summed E-state index contributed by atoms with van der Waals surface area (Å²) in [7, 11) is 3.55. The molecule has 1 aliphatic heterocycles. The molecule has 2 N–H and O–H groups in total. The molecule has 0 radical (unpaired) electrons. The molecule has 5 heteroatoms. The Bertz CT molecular complexity index is 403. The molecule has 0 unspecified atom stereocenters. The topological polar surface area (TPSA) is 41.7 Å². The lowest BCUT2D eigenvalue weighted by atomic mass is 10.2. The van der Waals surface area contributed by atoms with Crippen LogP contribution in [0.2, 0.25) is 0 Å². The molecular formula is C12H18FN3O. The third-order valence-corrected chi connectivity index (χ3v) is 3.15. The lowest BCUT2D eigenvalue weighted by Gasteiger charge is -2.34. The van der Waals surface area contributed by atoms with Crippen molar-refractivity contribution in [2.45, 2.75) is 0 Å². The van der Waals surface area contributed by atoms with E-state index in [1.807, 2.05) is 0 Å². The predicted octanol–water partition coefficient (Wildman–Crippen LogP) is 1.17. The predicted molar refractivity (Wildman–Crippen MR) is 67.1 cm³/mol. The van der Waals surface area contributed by atoms with Gasteiger partial charge in [0.25, 0.3) is 0 Å². The fourth-order valence-electron chi connectivity index (χ4n) is 2.04. The molecule has 0 bridgehead atoms.